The molecule has 0 aliphatic carbocycles. The molecule has 0 saturated heterocycles. The zero-order chi connectivity index (χ0) is 11.3. The zero-order valence-corrected chi connectivity index (χ0v) is 11.6. The maximum atomic E-state index is 6.48. The normalized spacial score (nSPS) is 15.2. The van der Waals surface area contributed by atoms with Crippen LogP contribution < -0.4 is 0 Å². The van der Waals surface area contributed by atoms with E-state index in [1.54, 1.807) is 11.3 Å². The summed E-state index contributed by atoms with van der Waals surface area (Å²) >= 11 is 14.2. The van der Waals surface area contributed by atoms with Crippen LogP contribution in [-0.4, -0.2) is 0 Å². The molecule has 0 spiro atoms. The zero-order valence-electron chi connectivity index (χ0n) is 9.30. The first-order valence-corrected chi connectivity index (χ1v) is 7.27. The Kier molecular flexibility index (Phi) is 6.03. The number of halogens is 2. The Morgan fingerprint density at radius 3 is 2.60 bits per heavy atom. The van der Waals surface area contributed by atoms with Crippen LogP contribution in [0.5, 0.6) is 0 Å². The van der Waals surface area contributed by atoms with Crippen molar-refractivity contribution in [2.24, 2.45) is 5.92 Å². The van der Waals surface area contributed by atoms with Crippen LogP contribution in [0.4, 0.5) is 0 Å². The van der Waals surface area contributed by atoms with Gasteiger partial charge in [-0.2, -0.15) is 0 Å². The second-order valence-corrected chi connectivity index (χ2v) is 5.67. The summed E-state index contributed by atoms with van der Waals surface area (Å²) in [5.41, 5.74) is 0. The van der Waals surface area contributed by atoms with E-state index in [2.05, 4.69) is 13.8 Å². The van der Waals surface area contributed by atoms with E-state index in [-0.39, 0.29) is 5.38 Å². The number of rotatable bonds is 6. The van der Waals surface area contributed by atoms with Gasteiger partial charge in [0.1, 0.15) is 0 Å². The van der Waals surface area contributed by atoms with E-state index in [1.165, 1.54) is 19.3 Å². The Balaban J connectivity index is 2.64. The highest BCUT2D eigenvalue weighted by atomic mass is 35.5. The largest absolute Gasteiger partial charge is 0.146 e. The summed E-state index contributed by atoms with van der Waals surface area (Å²) in [5.74, 6) is 0.558. The molecule has 0 fully saturated rings. The molecule has 0 bridgehead atoms. The Morgan fingerprint density at radius 1 is 1.40 bits per heavy atom. The van der Waals surface area contributed by atoms with Gasteiger partial charge in [0.15, 0.2) is 0 Å². The van der Waals surface area contributed by atoms with Crippen molar-refractivity contribution in [3.05, 3.63) is 21.3 Å². The molecule has 0 aliphatic heterocycles. The molecule has 0 saturated carbocycles. The summed E-state index contributed by atoms with van der Waals surface area (Å²) in [6, 6.07) is 1.93. The molecule has 1 heterocycles. The van der Waals surface area contributed by atoms with Crippen molar-refractivity contribution >= 4 is 34.5 Å². The molecule has 0 radical (unpaired) electrons. The molecule has 1 aromatic heterocycles. The van der Waals surface area contributed by atoms with Crippen molar-refractivity contribution in [2.75, 3.05) is 0 Å². The van der Waals surface area contributed by atoms with Gasteiger partial charge in [-0.1, -0.05) is 44.7 Å². The molecule has 1 rings (SSSR count). The van der Waals surface area contributed by atoms with Gasteiger partial charge in [-0.25, -0.2) is 0 Å². The van der Waals surface area contributed by atoms with Gasteiger partial charge in [0.05, 0.1) is 10.4 Å². The molecule has 0 aliphatic rings. The first kappa shape index (κ1) is 13.3. The molecular formula is C12H18Cl2S. The van der Waals surface area contributed by atoms with Crippen LogP contribution in [-0.2, 0) is 0 Å². The van der Waals surface area contributed by atoms with E-state index in [0.717, 1.165) is 16.3 Å². The average Bonchev–Trinajstić information content (AvgIpc) is 2.65. The monoisotopic (exact) mass is 264 g/mol. The van der Waals surface area contributed by atoms with Gasteiger partial charge in [-0.15, -0.1) is 22.9 Å². The number of hydrogen-bond donors (Lipinski definition) is 0. The summed E-state index contributed by atoms with van der Waals surface area (Å²) in [6.07, 6.45) is 4.82. The second kappa shape index (κ2) is 6.78. The SMILES string of the molecule is CCCCC(CC)C(Cl)c1sccc1Cl. The lowest BCUT2D eigenvalue weighted by atomic mass is 9.95. The van der Waals surface area contributed by atoms with Gasteiger partial charge in [0.25, 0.3) is 0 Å². The van der Waals surface area contributed by atoms with Gasteiger partial charge in [-0.3, -0.25) is 0 Å². The molecule has 0 N–H and O–H groups in total. The molecule has 0 aromatic carbocycles. The number of unbranched alkanes of at least 4 members (excludes halogenated alkanes) is 1. The molecule has 0 amide bonds. The molecule has 86 valence electrons. The van der Waals surface area contributed by atoms with Crippen molar-refractivity contribution in [3.8, 4) is 0 Å². The number of alkyl halides is 1. The maximum absolute atomic E-state index is 6.48. The molecule has 1 aromatic rings. The van der Waals surface area contributed by atoms with E-state index in [4.69, 9.17) is 23.2 Å². The third-order valence-corrected chi connectivity index (χ3v) is 4.91. The average molecular weight is 265 g/mol. The lowest BCUT2D eigenvalue weighted by Crippen LogP contribution is -2.06. The smallest absolute Gasteiger partial charge is 0.0721 e. The minimum atomic E-state index is 0.0917. The van der Waals surface area contributed by atoms with Crippen molar-refractivity contribution in [3.63, 3.8) is 0 Å². The van der Waals surface area contributed by atoms with E-state index >= 15 is 0 Å². The fraction of sp³-hybridized carbons (Fsp3) is 0.667. The molecule has 2 unspecified atom stereocenters. The molecule has 15 heavy (non-hydrogen) atoms. The van der Waals surface area contributed by atoms with Crippen LogP contribution in [0.2, 0.25) is 5.02 Å². The Bertz CT molecular complexity index is 283. The van der Waals surface area contributed by atoms with Gasteiger partial charge in [0, 0.05) is 4.88 Å². The van der Waals surface area contributed by atoms with Gasteiger partial charge in [-0.05, 0) is 23.8 Å². The van der Waals surface area contributed by atoms with Gasteiger partial charge in [0.2, 0.25) is 0 Å². The van der Waals surface area contributed by atoms with Crippen LogP contribution in [0, 0.1) is 5.92 Å². The lowest BCUT2D eigenvalue weighted by molar-refractivity contribution is 0.440. The predicted molar refractivity (Wildman–Crippen MR) is 71.2 cm³/mol. The highest BCUT2D eigenvalue weighted by molar-refractivity contribution is 7.11. The topological polar surface area (TPSA) is 0 Å². The first-order valence-electron chi connectivity index (χ1n) is 5.57. The van der Waals surface area contributed by atoms with Crippen LogP contribution >= 0.6 is 34.5 Å². The van der Waals surface area contributed by atoms with Gasteiger partial charge < -0.3 is 0 Å². The summed E-state index contributed by atoms with van der Waals surface area (Å²) < 4.78 is 0. The number of thiophene rings is 1. The summed E-state index contributed by atoms with van der Waals surface area (Å²) in [5, 5.41) is 2.93. The maximum Gasteiger partial charge on any atom is 0.0721 e. The summed E-state index contributed by atoms with van der Waals surface area (Å²) in [6.45, 7) is 4.42. The predicted octanol–water partition coefficient (Wildman–Crippen LogP) is 5.90. The van der Waals surface area contributed by atoms with E-state index < -0.39 is 0 Å². The van der Waals surface area contributed by atoms with Crippen molar-refractivity contribution in [1.29, 1.82) is 0 Å². The highest BCUT2D eigenvalue weighted by Gasteiger charge is 2.22. The fourth-order valence-electron chi connectivity index (χ4n) is 1.74. The van der Waals surface area contributed by atoms with Crippen LogP contribution in [0.3, 0.4) is 0 Å². The van der Waals surface area contributed by atoms with Crippen molar-refractivity contribution in [1.82, 2.24) is 0 Å². The number of hydrogen-bond acceptors (Lipinski definition) is 1. The standard InChI is InChI=1S/C12H18Cl2S/c1-3-5-6-9(4-2)11(14)12-10(13)7-8-15-12/h7-9,11H,3-6H2,1-2H3. The minimum Gasteiger partial charge on any atom is -0.146 e. The molecule has 2 atom stereocenters. The Labute approximate surface area is 107 Å². The molecular weight excluding hydrogens is 247 g/mol. The molecule has 3 heteroatoms. The third-order valence-electron chi connectivity index (χ3n) is 2.76. The second-order valence-electron chi connectivity index (χ2n) is 3.85. The Morgan fingerprint density at radius 2 is 2.13 bits per heavy atom. The fourth-order valence-corrected chi connectivity index (χ4v) is 3.61. The van der Waals surface area contributed by atoms with E-state index in [0.29, 0.717) is 5.92 Å². The van der Waals surface area contributed by atoms with Crippen LogP contribution in [0.25, 0.3) is 0 Å². The Hall–Kier alpha value is 0.280. The lowest BCUT2D eigenvalue weighted by Gasteiger charge is -2.20. The minimum absolute atomic E-state index is 0.0917. The van der Waals surface area contributed by atoms with E-state index in [9.17, 15) is 0 Å². The first-order chi connectivity index (χ1) is 7.20. The quantitative estimate of drug-likeness (QED) is 0.562. The van der Waals surface area contributed by atoms with Crippen LogP contribution in [0.1, 0.15) is 49.8 Å². The molecule has 0 nitrogen and oxygen atoms in total. The highest BCUT2D eigenvalue weighted by Crippen LogP contribution is 2.40. The summed E-state index contributed by atoms with van der Waals surface area (Å²) in [7, 11) is 0. The summed E-state index contributed by atoms with van der Waals surface area (Å²) in [4.78, 5) is 1.14. The van der Waals surface area contributed by atoms with E-state index in [1.807, 2.05) is 11.4 Å². The van der Waals surface area contributed by atoms with Gasteiger partial charge >= 0.3 is 0 Å². The third kappa shape index (κ3) is 3.65. The van der Waals surface area contributed by atoms with Crippen molar-refractivity contribution < 1.29 is 0 Å². The van der Waals surface area contributed by atoms with Crippen molar-refractivity contribution in [2.45, 2.75) is 44.9 Å². The van der Waals surface area contributed by atoms with Crippen LogP contribution in [0.15, 0.2) is 11.4 Å².